The average Bonchev–Trinajstić information content (AvgIpc) is 3.64. The van der Waals surface area contributed by atoms with Gasteiger partial charge in [-0.05, 0) is 18.4 Å². The fourth-order valence-electron chi connectivity index (χ4n) is 4.94. The number of unbranched alkanes of at least 4 members (excludes halogenated alkanes) is 1. The molecule has 16 nitrogen and oxygen atoms in total. The van der Waals surface area contributed by atoms with Crippen LogP contribution < -0.4 is 21.3 Å². The van der Waals surface area contributed by atoms with Gasteiger partial charge in [0.1, 0.15) is 17.8 Å². The fourth-order valence-corrected chi connectivity index (χ4v) is 6.49. The van der Waals surface area contributed by atoms with Gasteiger partial charge in [-0.2, -0.15) is 11.8 Å². The predicted octanol–water partition coefficient (Wildman–Crippen LogP) is 1.79. The number of hydrogen-bond acceptors (Lipinski definition) is 10. The maximum absolute atomic E-state index is 14.6. The molecule has 2 heterocycles. The Kier molecular flexibility index (Phi) is 15.7. The lowest BCUT2D eigenvalue weighted by Gasteiger charge is -2.23. The van der Waals surface area contributed by atoms with Gasteiger partial charge in [-0.15, -0.1) is 0 Å². The molecule has 49 heavy (non-hydrogen) atoms. The van der Waals surface area contributed by atoms with Crippen LogP contribution in [0.15, 0.2) is 5.11 Å². The van der Waals surface area contributed by atoms with E-state index in [1.165, 1.54) is 0 Å². The number of thioether (sulfide) groups is 1. The topological polar surface area (TPSA) is 213 Å². The smallest absolute Gasteiger partial charge is 0.325 e. The number of esters is 1. The number of azide groups is 1. The van der Waals surface area contributed by atoms with Crippen LogP contribution in [0.5, 0.6) is 0 Å². The Morgan fingerprint density at radius 1 is 0.980 bits per heavy atom. The number of hydrogen-bond donors (Lipinski definition) is 4. The molecule has 0 aliphatic carbocycles. The highest BCUT2D eigenvalue weighted by Gasteiger charge is 2.42. The normalized spacial score (nSPS) is 17.7. The molecule has 270 valence electrons. The third-order valence-corrected chi connectivity index (χ3v) is 8.91. The lowest BCUT2D eigenvalue weighted by atomic mass is 10.0. The summed E-state index contributed by atoms with van der Waals surface area (Å²) in [6.45, 7) is -1.88. The van der Waals surface area contributed by atoms with Gasteiger partial charge in [-0.1, -0.05) is 11.5 Å². The first-order valence-corrected chi connectivity index (χ1v) is 16.2. The summed E-state index contributed by atoms with van der Waals surface area (Å²) in [6, 6.07) is 0.150. The molecule has 0 saturated carbocycles. The molecule has 2 saturated heterocycles. The van der Waals surface area contributed by atoms with Crippen LogP contribution >= 0.6 is 11.8 Å². The summed E-state index contributed by atoms with van der Waals surface area (Å²) in [5, 5.41) is 13.6. The molecule has 2 aliphatic heterocycles. The minimum Gasteiger partial charge on any atom is -0.468 e. The number of carbonyl (C=O) groups is 5. The molecule has 0 unspecified atom stereocenters. The number of carbonyl (C=O) groups excluding carboxylic acids is 5. The van der Waals surface area contributed by atoms with Gasteiger partial charge in [0.2, 0.25) is 11.8 Å². The van der Waals surface area contributed by atoms with Crippen molar-refractivity contribution in [1.82, 2.24) is 26.2 Å². The van der Waals surface area contributed by atoms with E-state index in [9.17, 15) is 41.5 Å². The van der Waals surface area contributed by atoms with Crippen molar-refractivity contribution in [2.45, 2.75) is 43.0 Å². The van der Waals surface area contributed by atoms with Crippen LogP contribution in [0.2, 0.25) is 0 Å². The number of halogens is 4. The lowest BCUT2D eigenvalue weighted by molar-refractivity contribution is -0.141. The SMILES string of the molecule is COC(=O)CNC(=O)CN(CCOCCOCCNC(=O)CCCC[C@@H]1SC[C@@H]2NC(=O)N[C@@H]21)C(=O)c1c(F)c(F)c(N=[N+]=[N-])c(F)c1F. The van der Waals surface area contributed by atoms with Gasteiger partial charge in [-0.25, -0.2) is 22.4 Å². The molecule has 3 atom stereocenters. The van der Waals surface area contributed by atoms with Gasteiger partial charge >= 0.3 is 12.0 Å². The standard InChI is InChI=1S/C28H36F4N8O8S/c1-46-19(43)12-35-18(42)13-40(27(44)20-21(29)23(31)26(38-39-33)24(32)22(20)30)7-9-48-11-10-47-8-6-34-17(41)5-3-2-4-16-25-15(14-49-16)36-28(45)37-25/h15-16,25H,2-14H2,1H3,(H,34,41)(H,35,42)(H2,36,37,45)/t15-,16-,25-/m0/s1. The van der Waals surface area contributed by atoms with Crippen LogP contribution in [0.3, 0.4) is 0 Å². The molecule has 1 aromatic rings. The summed E-state index contributed by atoms with van der Waals surface area (Å²) in [5.41, 5.74) is 5.12. The van der Waals surface area contributed by atoms with Crippen molar-refractivity contribution in [2.24, 2.45) is 5.11 Å². The molecular weight excluding hydrogens is 684 g/mol. The number of urea groups is 1. The third-order valence-electron chi connectivity index (χ3n) is 7.40. The van der Waals surface area contributed by atoms with E-state index in [-0.39, 0.29) is 57.0 Å². The first-order chi connectivity index (χ1) is 23.5. The van der Waals surface area contributed by atoms with Crippen LogP contribution in [0.25, 0.3) is 10.4 Å². The molecule has 21 heteroatoms. The summed E-state index contributed by atoms with van der Waals surface area (Å²) in [5.74, 6) is -11.2. The van der Waals surface area contributed by atoms with Crippen molar-refractivity contribution >= 4 is 47.2 Å². The zero-order chi connectivity index (χ0) is 35.9. The minimum atomic E-state index is -2.15. The van der Waals surface area contributed by atoms with Gasteiger partial charge in [0, 0.05) is 35.4 Å². The van der Waals surface area contributed by atoms with Gasteiger partial charge < -0.3 is 40.4 Å². The van der Waals surface area contributed by atoms with Crippen LogP contribution in [-0.4, -0.2) is 117 Å². The average molecular weight is 721 g/mol. The van der Waals surface area contributed by atoms with Crippen molar-refractivity contribution in [3.8, 4) is 0 Å². The third kappa shape index (κ3) is 11.4. The Balaban J connectivity index is 1.38. The van der Waals surface area contributed by atoms with Crippen molar-refractivity contribution in [3.05, 3.63) is 39.3 Å². The Bertz CT molecular complexity index is 1410. The summed E-state index contributed by atoms with van der Waals surface area (Å²) in [4.78, 5) is 62.8. The molecule has 0 aromatic heterocycles. The van der Waals surface area contributed by atoms with Crippen LogP contribution in [-0.2, 0) is 28.6 Å². The van der Waals surface area contributed by atoms with E-state index < -0.39 is 71.9 Å². The second-order valence-corrected chi connectivity index (χ2v) is 12.0. The Morgan fingerprint density at radius 2 is 1.67 bits per heavy atom. The number of fused-ring (bicyclic) bond motifs is 1. The van der Waals surface area contributed by atoms with Gasteiger partial charge in [0.25, 0.3) is 5.91 Å². The summed E-state index contributed by atoms with van der Waals surface area (Å²) < 4.78 is 73.0. The molecule has 4 N–H and O–H groups in total. The minimum absolute atomic E-state index is 0.0334. The van der Waals surface area contributed by atoms with Crippen LogP contribution in [0.1, 0.15) is 36.0 Å². The highest BCUT2D eigenvalue weighted by Crippen LogP contribution is 2.33. The largest absolute Gasteiger partial charge is 0.468 e. The van der Waals surface area contributed by atoms with E-state index in [0.29, 0.717) is 23.0 Å². The maximum Gasteiger partial charge on any atom is 0.325 e. The fraction of sp³-hybridized carbons (Fsp3) is 0.607. The highest BCUT2D eigenvalue weighted by atomic mass is 32.2. The van der Waals surface area contributed by atoms with E-state index in [4.69, 9.17) is 15.0 Å². The number of ether oxygens (including phenoxy) is 3. The summed E-state index contributed by atoms with van der Waals surface area (Å²) >= 11 is 1.82. The van der Waals surface area contributed by atoms with E-state index >= 15 is 0 Å². The quantitative estimate of drug-likeness (QED) is 0.0226. The predicted molar refractivity (Wildman–Crippen MR) is 165 cm³/mol. The molecule has 1 aromatic carbocycles. The number of amides is 5. The van der Waals surface area contributed by atoms with E-state index in [0.717, 1.165) is 25.7 Å². The number of nitrogens with zero attached hydrogens (tertiary/aromatic N) is 4. The first-order valence-electron chi connectivity index (χ1n) is 15.1. The van der Waals surface area contributed by atoms with Crippen molar-refractivity contribution in [3.63, 3.8) is 0 Å². The molecular formula is C28H36F4N8O8S. The van der Waals surface area contributed by atoms with Gasteiger partial charge in [-0.3, -0.25) is 19.2 Å². The molecule has 0 bridgehead atoms. The van der Waals surface area contributed by atoms with Crippen molar-refractivity contribution in [1.29, 1.82) is 0 Å². The lowest BCUT2D eigenvalue weighted by Crippen LogP contribution is -2.44. The molecule has 0 spiro atoms. The Hall–Kier alpha value is -4.33. The highest BCUT2D eigenvalue weighted by molar-refractivity contribution is 8.00. The van der Waals surface area contributed by atoms with Gasteiger partial charge in [0.15, 0.2) is 23.3 Å². The molecule has 3 rings (SSSR count). The zero-order valence-electron chi connectivity index (χ0n) is 26.4. The van der Waals surface area contributed by atoms with E-state index in [1.54, 1.807) is 0 Å². The number of rotatable bonds is 20. The molecule has 2 fully saturated rings. The monoisotopic (exact) mass is 720 g/mol. The Labute approximate surface area is 281 Å². The van der Waals surface area contributed by atoms with Crippen LogP contribution in [0.4, 0.5) is 28.0 Å². The van der Waals surface area contributed by atoms with E-state index in [1.807, 2.05) is 11.8 Å². The van der Waals surface area contributed by atoms with Gasteiger partial charge in [0.05, 0.1) is 52.2 Å². The number of methoxy groups -OCH3 is 1. The second-order valence-electron chi connectivity index (χ2n) is 10.7. The molecule has 2 aliphatic rings. The summed E-state index contributed by atoms with van der Waals surface area (Å²) in [6.07, 6.45) is 2.79. The molecule has 0 radical (unpaired) electrons. The van der Waals surface area contributed by atoms with E-state index in [2.05, 4.69) is 36.0 Å². The van der Waals surface area contributed by atoms with Crippen LogP contribution in [0, 0.1) is 23.3 Å². The second kappa shape index (κ2) is 19.6. The Morgan fingerprint density at radius 3 is 2.35 bits per heavy atom. The van der Waals surface area contributed by atoms with Crippen molar-refractivity contribution < 1.29 is 55.7 Å². The number of benzene rings is 1. The first kappa shape index (κ1) is 39.1. The summed E-state index contributed by atoms with van der Waals surface area (Å²) in [7, 11) is 1.06. The maximum atomic E-state index is 14.6. The number of nitrogens with one attached hydrogen (secondary N) is 4. The zero-order valence-corrected chi connectivity index (χ0v) is 27.2. The molecule has 5 amide bonds. The van der Waals surface area contributed by atoms with Crippen molar-refractivity contribution in [2.75, 3.05) is 65.5 Å².